The molecule has 1 aliphatic carbocycles. The minimum Gasteiger partial charge on any atom is -0.375 e. The zero-order valence-electron chi connectivity index (χ0n) is 16.6. The third-order valence-corrected chi connectivity index (χ3v) is 8.21. The van der Waals surface area contributed by atoms with E-state index in [1.807, 2.05) is 24.0 Å². The first-order chi connectivity index (χ1) is 13.4. The van der Waals surface area contributed by atoms with Gasteiger partial charge >= 0.3 is 0 Å². The largest absolute Gasteiger partial charge is 0.375 e. The van der Waals surface area contributed by atoms with Gasteiger partial charge in [0.25, 0.3) is 0 Å². The summed E-state index contributed by atoms with van der Waals surface area (Å²) in [6.07, 6.45) is 5.58. The zero-order valence-corrected chi connectivity index (χ0v) is 17.4. The van der Waals surface area contributed by atoms with Crippen LogP contribution in [0.4, 0.5) is 0 Å². The number of amides is 1. The fourth-order valence-electron chi connectivity index (χ4n) is 4.64. The highest BCUT2D eigenvalue weighted by Gasteiger charge is 2.35. The van der Waals surface area contributed by atoms with Crippen LogP contribution in [0.5, 0.6) is 0 Å². The highest BCUT2D eigenvalue weighted by Crippen LogP contribution is 2.29. The van der Waals surface area contributed by atoms with Crippen molar-refractivity contribution in [2.75, 3.05) is 32.8 Å². The molecule has 6 nitrogen and oxygen atoms in total. The molecule has 3 aliphatic rings. The monoisotopic (exact) mass is 406 g/mol. The van der Waals surface area contributed by atoms with Gasteiger partial charge in [0, 0.05) is 32.1 Å². The first-order valence-corrected chi connectivity index (χ1v) is 11.9. The second-order valence-electron chi connectivity index (χ2n) is 8.28. The van der Waals surface area contributed by atoms with Crippen LogP contribution in [0.25, 0.3) is 0 Å². The van der Waals surface area contributed by atoms with E-state index >= 15 is 0 Å². The average molecular weight is 407 g/mol. The fourth-order valence-corrected chi connectivity index (χ4v) is 6.16. The van der Waals surface area contributed by atoms with E-state index in [9.17, 15) is 13.2 Å². The maximum absolute atomic E-state index is 13.1. The molecule has 1 atom stereocenters. The number of carbonyl (C=O) groups is 1. The Balaban J connectivity index is 1.41. The number of sulfonamides is 1. The fraction of sp³-hybridized carbons (Fsp3) is 0.667. The quantitative estimate of drug-likeness (QED) is 0.772. The highest BCUT2D eigenvalue weighted by molar-refractivity contribution is 7.89. The van der Waals surface area contributed by atoms with Crippen molar-refractivity contribution in [1.82, 2.24) is 9.21 Å². The SMILES string of the molecule is CC1CN(C(=O)C2CCN(S(=O)(=O)c3ccc4c(c3)CCCC4)CC2)CCO1. The van der Waals surface area contributed by atoms with E-state index < -0.39 is 10.0 Å². The predicted octanol–water partition coefficient (Wildman–Crippen LogP) is 2.21. The maximum atomic E-state index is 13.1. The number of ether oxygens (including phenoxy) is 1. The van der Waals surface area contributed by atoms with Gasteiger partial charge in [0.05, 0.1) is 17.6 Å². The van der Waals surface area contributed by atoms with Crippen LogP contribution in [0.1, 0.15) is 43.7 Å². The Morgan fingerprint density at radius 3 is 2.50 bits per heavy atom. The van der Waals surface area contributed by atoms with Crippen molar-refractivity contribution >= 4 is 15.9 Å². The van der Waals surface area contributed by atoms with E-state index in [1.54, 1.807) is 10.4 Å². The minimum atomic E-state index is -3.49. The van der Waals surface area contributed by atoms with Crippen LogP contribution in [-0.2, 0) is 32.4 Å². The summed E-state index contributed by atoms with van der Waals surface area (Å²) in [4.78, 5) is 15.1. The van der Waals surface area contributed by atoms with Gasteiger partial charge in [-0.15, -0.1) is 0 Å². The van der Waals surface area contributed by atoms with E-state index in [2.05, 4.69) is 0 Å². The standard InChI is InChI=1S/C21H30N2O4S/c1-16-15-22(12-13-27-16)21(24)18-8-10-23(11-9-18)28(25,26)20-7-6-17-4-2-3-5-19(17)14-20/h6-7,14,16,18H,2-5,8-13,15H2,1H3. The van der Waals surface area contributed by atoms with Crippen LogP contribution in [0.15, 0.2) is 23.1 Å². The van der Waals surface area contributed by atoms with Crippen molar-refractivity contribution < 1.29 is 17.9 Å². The molecule has 2 heterocycles. The second kappa shape index (κ2) is 8.13. The van der Waals surface area contributed by atoms with Crippen LogP contribution in [0.2, 0.25) is 0 Å². The van der Waals surface area contributed by atoms with E-state index in [4.69, 9.17) is 4.74 Å². The third-order valence-electron chi connectivity index (χ3n) is 6.31. The molecule has 0 N–H and O–H groups in total. The normalized spacial score (nSPS) is 24.8. The summed E-state index contributed by atoms with van der Waals surface area (Å²) in [6.45, 7) is 4.65. The van der Waals surface area contributed by atoms with Crippen LogP contribution in [-0.4, -0.2) is 62.4 Å². The first kappa shape index (κ1) is 19.9. The molecule has 2 saturated heterocycles. The average Bonchev–Trinajstić information content (AvgIpc) is 2.73. The molecule has 0 bridgehead atoms. The molecule has 2 aliphatic heterocycles. The lowest BCUT2D eigenvalue weighted by Gasteiger charge is -2.36. The van der Waals surface area contributed by atoms with Crippen LogP contribution in [0, 0.1) is 5.92 Å². The highest BCUT2D eigenvalue weighted by atomic mass is 32.2. The molecule has 4 rings (SSSR count). The number of fused-ring (bicyclic) bond motifs is 1. The lowest BCUT2D eigenvalue weighted by atomic mass is 9.92. The third kappa shape index (κ3) is 3.98. The van der Waals surface area contributed by atoms with Crippen molar-refractivity contribution in [3.8, 4) is 0 Å². The number of hydrogen-bond acceptors (Lipinski definition) is 4. The van der Waals surface area contributed by atoms with Crippen LogP contribution >= 0.6 is 0 Å². The topological polar surface area (TPSA) is 66.9 Å². The number of morpholine rings is 1. The van der Waals surface area contributed by atoms with Crippen molar-refractivity contribution in [3.63, 3.8) is 0 Å². The Bertz CT molecular complexity index is 831. The summed E-state index contributed by atoms with van der Waals surface area (Å²) in [6, 6.07) is 5.61. The van der Waals surface area contributed by atoms with Crippen molar-refractivity contribution in [3.05, 3.63) is 29.3 Å². The van der Waals surface area contributed by atoms with Gasteiger partial charge in [-0.3, -0.25) is 4.79 Å². The summed E-state index contributed by atoms with van der Waals surface area (Å²) in [7, 11) is -3.49. The molecule has 154 valence electrons. The van der Waals surface area contributed by atoms with Crippen LogP contribution < -0.4 is 0 Å². The Morgan fingerprint density at radius 2 is 1.79 bits per heavy atom. The number of benzene rings is 1. The van der Waals surface area contributed by atoms with Gasteiger partial charge in [0.2, 0.25) is 15.9 Å². The Morgan fingerprint density at radius 1 is 1.07 bits per heavy atom. The van der Waals surface area contributed by atoms with Gasteiger partial charge in [0.15, 0.2) is 0 Å². The predicted molar refractivity (Wildman–Crippen MR) is 107 cm³/mol. The molecular formula is C21H30N2O4S. The van der Waals surface area contributed by atoms with Gasteiger partial charge in [0.1, 0.15) is 0 Å². The minimum absolute atomic E-state index is 0.0715. The van der Waals surface area contributed by atoms with Gasteiger partial charge < -0.3 is 9.64 Å². The molecule has 0 saturated carbocycles. The van der Waals surface area contributed by atoms with Gasteiger partial charge in [-0.25, -0.2) is 8.42 Å². The van der Waals surface area contributed by atoms with E-state index in [-0.39, 0.29) is 17.9 Å². The molecule has 0 spiro atoms. The number of carbonyl (C=O) groups excluding carboxylic acids is 1. The van der Waals surface area contributed by atoms with Gasteiger partial charge in [-0.05, 0) is 68.7 Å². The smallest absolute Gasteiger partial charge is 0.243 e. The molecule has 1 unspecified atom stereocenters. The molecular weight excluding hydrogens is 376 g/mol. The maximum Gasteiger partial charge on any atom is 0.243 e. The number of rotatable bonds is 3. The summed E-state index contributed by atoms with van der Waals surface area (Å²) < 4.78 is 33.3. The number of aryl methyl sites for hydroxylation is 2. The Hall–Kier alpha value is -1.44. The Kier molecular flexibility index (Phi) is 5.76. The van der Waals surface area contributed by atoms with E-state index in [0.717, 1.165) is 19.3 Å². The molecule has 2 fully saturated rings. The molecule has 0 aromatic heterocycles. The summed E-state index contributed by atoms with van der Waals surface area (Å²) >= 11 is 0. The molecule has 1 amide bonds. The summed E-state index contributed by atoms with van der Waals surface area (Å²) in [5.74, 6) is 0.0706. The van der Waals surface area contributed by atoms with Gasteiger partial charge in [-0.1, -0.05) is 6.07 Å². The number of hydrogen-bond donors (Lipinski definition) is 0. The Labute approximate surface area is 167 Å². The van der Waals surface area contributed by atoms with Gasteiger partial charge in [-0.2, -0.15) is 4.31 Å². The second-order valence-corrected chi connectivity index (χ2v) is 10.2. The van der Waals surface area contributed by atoms with Crippen molar-refractivity contribution in [1.29, 1.82) is 0 Å². The first-order valence-electron chi connectivity index (χ1n) is 10.5. The summed E-state index contributed by atoms with van der Waals surface area (Å²) in [5, 5.41) is 0. The number of piperidine rings is 1. The van der Waals surface area contributed by atoms with E-state index in [0.29, 0.717) is 50.5 Å². The molecule has 28 heavy (non-hydrogen) atoms. The molecule has 0 radical (unpaired) electrons. The van der Waals surface area contributed by atoms with Crippen molar-refractivity contribution in [2.24, 2.45) is 5.92 Å². The molecule has 7 heteroatoms. The van der Waals surface area contributed by atoms with Crippen LogP contribution in [0.3, 0.4) is 0 Å². The lowest BCUT2D eigenvalue weighted by Crippen LogP contribution is -2.49. The van der Waals surface area contributed by atoms with Crippen molar-refractivity contribution in [2.45, 2.75) is 56.4 Å². The molecule has 1 aromatic rings. The number of nitrogens with zero attached hydrogens (tertiary/aromatic N) is 2. The lowest BCUT2D eigenvalue weighted by molar-refractivity contribution is -0.143. The zero-order chi connectivity index (χ0) is 19.7. The molecule has 1 aromatic carbocycles. The van der Waals surface area contributed by atoms with E-state index in [1.165, 1.54) is 17.5 Å². The summed E-state index contributed by atoms with van der Waals surface area (Å²) in [5.41, 5.74) is 2.47.